The highest BCUT2D eigenvalue weighted by Gasteiger charge is 2.27. The number of likely N-dealkylation sites (N-methyl/N-ethyl adjacent to an activating group) is 1. The molecule has 0 N–H and O–H groups in total. The molecule has 0 aliphatic heterocycles. The minimum Gasteiger partial charge on any atom is -0.308 e. The van der Waals surface area contributed by atoms with Crippen molar-refractivity contribution in [2.24, 2.45) is 0 Å². The summed E-state index contributed by atoms with van der Waals surface area (Å²) in [5.41, 5.74) is 0.619. The fourth-order valence-electron chi connectivity index (χ4n) is 2.08. The van der Waals surface area contributed by atoms with Gasteiger partial charge in [-0.1, -0.05) is 45.7 Å². The van der Waals surface area contributed by atoms with Crippen molar-refractivity contribution in [3.8, 4) is 0 Å². The van der Waals surface area contributed by atoms with Gasteiger partial charge in [0.25, 0.3) is 10.0 Å². The maximum atomic E-state index is 13.1. The van der Waals surface area contributed by atoms with E-state index in [4.69, 9.17) is 11.6 Å². The third kappa shape index (κ3) is 4.47. The van der Waals surface area contributed by atoms with E-state index in [1.807, 2.05) is 37.2 Å². The van der Waals surface area contributed by atoms with Crippen LogP contribution in [0.1, 0.15) is 0 Å². The summed E-state index contributed by atoms with van der Waals surface area (Å²) in [5.74, 6) is 0. The molecule has 0 bridgehead atoms. The number of hydrogen-bond acceptors (Lipinski definition) is 3. The molecule has 0 aliphatic rings. The van der Waals surface area contributed by atoms with Gasteiger partial charge in [-0.15, -0.1) is 0 Å². The molecule has 2 rings (SSSR count). The minimum atomic E-state index is -3.74. The lowest BCUT2D eigenvalue weighted by molar-refractivity contribution is 0.419. The summed E-state index contributed by atoms with van der Waals surface area (Å²) in [5, 5.41) is 0.199. The molecule has 0 spiro atoms. The smallest absolute Gasteiger partial charge is 0.265 e. The van der Waals surface area contributed by atoms with E-state index in [9.17, 15) is 8.42 Å². The number of anilines is 1. The van der Waals surface area contributed by atoms with Gasteiger partial charge in [0.2, 0.25) is 0 Å². The van der Waals surface area contributed by atoms with E-state index >= 15 is 0 Å². The molecule has 0 atom stereocenters. The van der Waals surface area contributed by atoms with Crippen molar-refractivity contribution in [3.05, 3.63) is 58.0 Å². The maximum absolute atomic E-state index is 13.1. The highest BCUT2D eigenvalue weighted by atomic mass is 79.9. The Labute approximate surface area is 150 Å². The molecule has 0 amide bonds. The first-order valence-corrected chi connectivity index (χ1v) is 9.61. The van der Waals surface area contributed by atoms with Gasteiger partial charge in [0.1, 0.15) is 4.90 Å². The summed E-state index contributed by atoms with van der Waals surface area (Å²) < 4.78 is 28.3. The first kappa shape index (κ1) is 18.3. The Kier molecular flexibility index (Phi) is 6.08. The van der Waals surface area contributed by atoms with Crippen LogP contribution >= 0.6 is 27.5 Å². The average Bonchev–Trinajstić information content (AvgIpc) is 2.47. The number of benzene rings is 2. The van der Waals surface area contributed by atoms with Crippen LogP contribution in [0.4, 0.5) is 5.69 Å². The zero-order valence-electron chi connectivity index (χ0n) is 12.9. The second-order valence-electron chi connectivity index (χ2n) is 5.29. The van der Waals surface area contributed by atoms with E-state index in [1.165, 1.54) is 10.4 Å². The first-order chi connectivity index (χ1) is 10.8. The second-order valence-corrected chi connectivity index (χ2v) is 8.44. The second kappa shape index (κ2) is 7.66. The Bertz CT molecular complexity index is 767. The standard InChI is InChI=1S/C16H18BrClN2O2S/c1-19(2)10-11-20(14-6-4-3-5-7-14)23(21,22)16-9-8-13(17)12-15(16)18/h3-9,12H,10-11H2,1-2H3. The quantitative estimate of drug-likeness (QED) is 0.716. The number of sulfonamides is 1. The molecule has 0 aromatic heterocycles. The molecule has 0 aliphatic carbocycles. The fourth-order valence-corrected chi connectivity index (χ4v) is 4.55. The SMILES string of the molecule is CN(C)CCN(c1ccccc1)S(=O)(=O)c1ccc(Br)cc1Cl. The van der Waals surface area contributed by atoms with Crippen LogP contribution in [-0.2, 0) is 10.0 Å². The highest BCUT2D eigenvalue weighted by molar-refractivity contribution is 9.10. The van der Waals surface area contributed by atoms with E-state index in [0.717, 1.165) is 4.47 Å². The van der Waals surface area contributed by atoms with Crippen LogP contribution in [-0.4, -0.2) is 40.5 Å². The van der Waals surface area contributed by atoms with Gasteiger partial charge < -0.3 is 4.90 Å². The number of nitrogens with zero attached hydrogens (tertiary/aromatic N) is 2. The Balaban J connectivity index is 2.48. The van der Waals surface area contributed by atoms with Gasteiger partial charge in [0.15, 0.2) is 0 Å². The molecule has 0 saturated carbocycles. The van der Waals surface area contributed by atoms with Crippen LogP contribution in [0.15, 0.2) is 57.9 Å². The topological polar surface area (TPSA) is 40.6 Å². The monoisotopic (exact) mass is 416 g/mol. The lowest BCUT2D eigenvalue weighted by atomic mass is 10.3. The van der Waals surface area contributed by atoms with Crippen molar-refractivity contribution >= 4 is 43.2 Å². The predicted molar refractivity (Wildman–Crippen MR) is 98.7 cm³/mol. The van der Waals surface area contributed by atoms with Crippen molar-refractivity contribution < 1.29 is 8.42 Å². The Morgan fingerprint density at radius 1 is 1.04 bits per heavy atom. The zero-order chi connectivity index (χ0) is 17.0. The Morgan fingerprint density at radius 2 is 1.70 bits per heavy atom. The molecule has 23 heavy (non-hydrogen) atoms. The third-order valence-electron chi connectivity index (χ3n) is 3.26. The molecule has 0 unspecified atom stereocenters. The van der Waals surface area contributed by atoms with Crippen LogP contribution in [0.5, 0.6) is 0 Å². The molecule has 2 aromatic carbocycles. The van der Waals surface area contributed by atoms with Crippen LogP contribution in [0, 0.1) is 0 Å². The van der Waals surface area contributed by atoms with Gasteiger partial charge in [-0.2, -0.15) is 0 Å². The predicted octanol–water partition coefficient (Wildman–Crippen LogP) is 3.86. The van der Waals surface area contributed by atoms with E-state index in [0.29, 0.717) is 18.8 Å². The number of halogens is 2. The molecule has 2 aromatic rings. The molecule has 0 fully saturated rings. The van der Waals surface area contributed by atoms with E-state index in [1.54, 1.807) is 24.3 Å². The van der Waals surface area contributed by atoms with Crippen molar-refractivity contribution in [3.63, 3.8) is 0 Å². The summed E-state index contributed by atoms with van der Waals surface area (Å²) in [6.45, 7) is 0.939. The van der Waals surface area contributed by atoms with Crippen molar-refractivity contribution in [2.75, 3.05) is 31.5 Å². The van der Waals surface area contributed by atoms with Crippen LogP contribution in [0.25, 0.3) is 0 Å². The maximum Gasteiger partial charge on any atom is 0.265 e. The van der Waals surface area contributed by atoms with Crippen LogP contribution in [0.2, 0.25) is 5.02 Å². The van der Waals surface area contributed by atoms with Crippen LogP contribution in [0.3, 0.4) is 0 Å². The van der Waals surface area contributed by atoms with Gasteiger partial charge in [-0.25, -0.2) is 8.42 Å². The van der Waals surface area contributed by atoms with Gasteiger partial charge in [-0.3, -0.25) is 4.31 Å². The van der Waals surface area contributed by atoms with Crippen LogP contribution < -0.4 is 4.31 Å². The van der Waals surface area contributed by atoms with E-state index in [-0.39, 0.29) is 9.92 Å². The summed E-state index contributed by atoms with van der Waals surface area (Å²) >= 11 is 9.46. The Hall–Kier alpha value is -1.08. The summed E-state index contributed by atoms with van der Waals surface area (Å²) in [4.78, 5) is 2.04. The molecule has 4 nitrogen and oxygen atoms in total. The molecular weight excluding hydrogens is 400 g/mol. The van der Waals surface area contributed by atoms with Gasteiger partial charge in [0.05, 0.1) is 10.7 Å². The van der Waals surface area contributed by atoms with E-state index < -0.39 is 10.0 Å². The number of para-hydroxylation sites is 1. The zero-order valence-corrected chi connectivity index (χ0v) is 16.1. The Morgan fingerprint density at radius 3 is 2.26 bits per heavy atom. The third-order valence-corrected chi connectivity index (χ3v) is 6.06. The van der Waals surface area contributed by atoms with Gasteiger partial charge >= 0.3 is 0 Å². The molecule has 0 saturated heterocycles. The lowest BCUT2D eigenvalue weighted by Crippen LogP contribution is -2.36. The lowest BCUT2D eigenvalue weighted by Gasteiger charge is -2.26. The molecule has 124 valence electrons. The summed E-state index contributed by atoms with van der Waals surface area (Å²) in [6, 6.07) is 13.8. The normalized spacial score (nSPS) is 11.7. The van der Waals surface area contributed by atoms with E-state index in [2.05, 4.69) is 15.9 Å². The van der Waals surface area contributed by atoms with Gasteiger partial charge in [-0.05, 0) is 44.4 Å². The molecular formula is C16H18BrClN2O2S. The number of hydrogen-bond donors (Lipinski definition) is 0. The molecule has 0 radical (unpaired) electrons. The minimum absolute atomic E-state index is 0.102. The largest absolute Gasteiger partial charge is 0.308 e. The summed E-state index contributed by atoms with van der Waals surface area (Å²) in [6.07, 6.45) is 0. The van der Waals surface area contributed by atoms with Crippen molar-refractivity contribution in [2.45, 2.75) is 4.90 Å². The first-order valence-electron chi connectivity index (χ1n) is 7.00. The van der Waals surface area contributed by atoms with Crippen molar-refractivity contribution in [1.82, 2.24) is 4.90 Å². The molecule has 7 heteroatoms. The molecule has 0 heterocycles. The summed E-state index contributed by atoms with van der Waals surface area (Å²) in [7, 11) is 0.0670. The highest BCUT2D eigenvalue weighted by Crippen LogP contribution is 2.30. The van der Waals surface area contributed by atoms with Gasteiger partial charge in [0, 0.05) is 17.6 Å². The van der Waals surface area contributed by atoms with Crippen molar-refractivity contribution in [1.29, 1.82) is 0 Å². The average molecular weight is 418 g/mol. The fraction of sp³-hybridized carbons (Fsp3) is 0.250. The number of rotatable bonds is 6.